The molecule has 0 spiro atoms. The highest BCUT2D eigenvalue weighted by molar-refractivity contribution is 5.73. The predicted octanol–water partition coefficient (Wildman–Crippen LogP) is 1.05. The average molecular weight is 263 g/mol. The fourth-order valence-corrected chi connectivity index (χ4v) is 2.25. The van der Waals surface area contributed by atoms with Crippen LogP contribution in [-0.2, 0) is 4.74 Å². The molecule has 0 aliphatic carbocycles. The van der Waals surface area contributed by atoms with Crippen LogP contribution in [0.5, 0.6) is 0 Å². The molecule has 0 amide bonds. The second-order valence-electron chi connectivity index (χ2n) is 4.77. The van der Waals surface area contributed by atoms with Crippen LogP contribution in [0.2, 0.25) is 0 Å². The molecule has 2 rings (SSSR count). The van der Waals surface area contributed by atoms with Crippen molar-refractivity contribution >= 4 is 5.57 Å². The molecular formula is C15H20FN2O+. The zero-order valence-electron chi connectivity index (χ0n) is 11.3. The topological polar surface area (TPSA) is 39.7 Å². The van der Waals surface area contributed by atoms with Gasteiger partial charge in [0.1, 0.15) is 12.9 Å². The van der Waals surface area contributed by atoms with Crippen molar-refractivity contribution in [1.82, 2.24) is 0 Å². The highest BCUT2D eigenvalue weighted by Gasteiger charge is 2.19. The van der Waals surface area contributed by atoms with Gasteiger partial charge in [-0.1, -0.05) is 24.3 Å². The van der Waals surface area contributed by atoms with Gasteiger partial charge in [-0.05, 0) is 11.1 Å². The number of hydrogen-bond donors (Lipinski definition) is 2. The third kappa shape index (κ3) is 3.10. The standard InChI is InChI=1S/C15H19FN2O/c1-18-8-7-13(10-18)11-3-5-12(6-4-11)15(19-2)14(17)9-16/h3-8,10,14-15H,9,17H2,1-2H3/p+1. The van der Waals surface area contributed by atoms with E-state index in [0.717, 1.165) is 11.1 Å². The molecule has 4 heteroatoms. The van der Waals surface area contributed by atoms with Crippen molar-refractivity contribution in [3.8, 4) is 0 Å². The number of rotatable bonds is 5. The normalized spacial score (nSPS) is 21.3. The average Bonchev–Trinajstić information content (AvgIpc) is 2.87. The van der Waals surface area contributed by atoms with Gasteiger partial charge in [0.2, 0.25) is 0 Å². The van der Waals surface area contributed by atoms with E-state index in [1.807, 2.05) is 24.3 Å². The van der Waals surface area contributed by atoms with Crippen LogP contribution < -0.4 is 10.6 Å². The molecule has 3 unspecified atom stereocenters. The summed E-state index contributed by atoms with van der Waals surface area (Å²) >= 11 is 0. The monoisotopic (exact) mass is 263 g/mol. The van der Waals surface area contributed by atoms with Crippen molar-refractivity contribution in [3.63, 3.8) is 0 Å². The van der Waals surface area contributed by atoms with Gasteiger partial charge in [-0.25, -0.2) is 4.39 Å². The van der Waals surface area contributed by atoms with E-state index < -0.39 is 18.8 Å². The van der Waals surface area contributed by atoms with Crippen LogP contribution in [0.1, 0.15) is 17.2 Å². The molecule has 1 aromatic carbocycles. The fourth-order valence-electron chi connectivity index (χ4n) is 2.25. The maximum atomic E-state index is 12.7. The first-order valence-corrected chi connectivity index (χ1v) is 6.33. The first-order chi connectivity index (χ1) is 9.15. The van der Waals surface area contributed by atoms with Crippen LogP contribution in [0.15, 0.2) is 42.7 Å². The Labute approximate surface area is 113 Å². The molecule has 0 saturated carbocycles. The van der Waals surface area contributed by atoms with E-state index in [0.29, 0.717) is 0 Å². The number of benzene rings is 1. The minimum absolute atomic E-state index is 0.402. The number of nitrogens with two attached hydrogens (primary N) is 1. The lowest BCUT2D eigenvalue weighted by Crippen LogP contribution is -2.98. The van der Waals surface area contributed by atoms with Gasteiger partial charge < -0.3 is 10.5 Å². The van der Waals surface area contributed by atoms with Gasteiger partial charge in [0.05, 0.1) is 25.4 Å². The van der Waals surface area contributed by atoms with Crippen LogP contribution in [-0.4, -0.2) is 26.9 Å². The number of nitrogens with one attached hydrogen (secondary N) is 1. The molecule has 3 N–H and O–H groups in total. The first kappa shape index (κ1) is 13.9. The molecule has 3 atom stereocenters. The second-order valence-corrected chi connectivity index (χ2v) is 4.77. The predicted molar refractivity (Wildman–Crippen MR) is 74.1 cm³/mol. The Kier molecular flexibility index (Phi) is 4.47. The van der Waals surface area contributed by atoms with Crippen LogP contribution in [0.4, 0.5) is 4.39 Å². The highest BCUT2D eigenvalue weighted by Crippen LogP contribution is 2.23. The number of hydrogen-bond acceptors (Lipinski definition) is 2. The number of allylic oxidation sites excluding steroid dienone is 2. The van der Waals surface area contributed by atoms with Crippen molar-refractivity contribution in [2.24, 2.45) is 5.73 Å². The molecule has 1 aliphatic heterocycles. The van der Waals surface area contributed by atoms with Gasteiger partial charge in [-0.3, -0.25) is 4.90 Å². The lowest BCUT2D eigenvalue weighted by Gasteiger charge is -2.20. The van der Waals surface area contributed by atoms with Gasteiger partial charge in [0.15, 0.2) is 0 Å². The fraction of sp³-hybridized carbons (Fsp3) is 0.333. The number of methoxy groups -OCH3 is 1. The smallest absolute Gasteiger partial charge is 0.107 e. The molecule has 0 radical (unpaired) electrons. The lowest BCUT2D eigenvalue weighted by atomic mass is 9.99. The Morgan fingerprint density at radius 1 is 1.32 bits per heavy atom. The highest BCUT2D eigenvalue weighted by atomic mass is 19.1. The van der Waals surface area contributed by atoms with Gasteiger partial charge >= 0.3 is 0 Å². The van der Waals surface area contributed by atoms with E-state index >= 15 is 0 Å². The molecular weight excluding hydrogens is 243 g/mol. The third-order valence-corrected chi connectivity index (χ3v) is 3.30. The van der Waals surface area contributed by atoms with Crippen LogP contribution in [0.25, 0.3) is 5.57 Å². The first-order valence-electron chi connectivity index (χ1n) is 6.33. The van der Waals surface area contributed by atoms with Crippen molar-refractivity contribution in [2.75, 3.05) is 20.8 Å². The van der Waals surface area contributed by atoms with E-state index in [2.05, 4.69) is 25.5 Å². The van der Waals surface area contributed by atoms with Crippen molar-refractivity contribution < 1.29 is 14.0 Å². The zero-order chi connectivity index (χ0) is 13.8. The summed E-state index contributed by atoms with van der Waals surface area (Å²) in [5, 5.41) is 0. The van der Waals surface area contributed by atoms with Crippen LogP contribution >= 0.6 is 0 Å². The number of ether oxygens (including phenoxy) is 1. The van der Waals surface area contributed by atoms with E-state index in [9.17, 15) is 4.39 Å². The van der Waals surface area contributed by atoms with Crippen molar-refractivity contribution in [2.45, 2.75) is 12.1 Å². The quantitative estimate of drug-likeness (QED) is 0.833. The summed E-state index contributed by atoms with van der Waals surface area (Å²) < 4.78 is 17.9. The maximum absolute atomic E-state index is 12.7. The van der Waals surface area contributed by atoms with E-state index in [-0.39, 0.29) is 0 Å². The molecule has 1 heterocycles. The van der Waals surface area contributed by atoms with Crippen molar-refractivity contribution in [1.29, 1.82) is 0 Å². The molecule has 0 bridgehead atoms. The number of alkyl halides is 1. The Morgan fingerprint density at radius 2 is 2.00 bits per heavy atom. The Balaban J connectivity index is 2.18. The van der Waals surface area contributed by atoms with Crippen LogP contribution in [0.3, 0.4) is 0 Å². The minimum atomic E-state index is -0.628. The lowest BCUT2D eigenvalue weighted by molar-refractivity contribution is -0.762. The zero-order valence-corrected chi connectivity index (χ0v) is 11.3. The number of quaternary nitrogens is 1. The largest absolute Gasteiger partial charge is 0.375 e. The molecule has 0 aromatic heterocycles. The summed E-state index contributed by atoms with van der Waals surface area (Å²) in [7, 11) is 3.62. The summed E-state index contributed by atoms with van der Waals surface area (Å²) in [6.45, 7) is -0.595. The molecule has 1 aliphatic rings. The Hall–Kier alpha value is -1.49. The molecule has 0 fully saturated rings. The summed E-state index contributed by atoms with van der Waals surface area (Å²) in [6.07, 6.45) is 5.90. The summed E-state index contributed by atoms with van der Waals surface area (Å²) in [4.78, 5) is 1.24. The maximum Gasteiger partial charge on any atom is 0.107 e. The summed E-state index contributed by atoms with van der Waals surface area (Å²) in [6, 6.07) is 7.29. The second kappa shape index (κ2) is 6.10. The molecule has 1 aromatic rings. The summed E-state index contributed by atoms with van der Waals surface area (Å²) in [5.41, 5.74) is 8.94. The molecule has 0 saturated heterocycles. The van der Waals surface area contributed by atoms with Gasteiger partial charge in [0.25, 0.3) is 0 Å². The van der Waals surface area contributed by atoms with Gasteiger partial charge in [-0.2, -0.15) is 0 Å². The minimum Gasteiger partial charge on any atom is -0.375 e. The van der Waals surface area contributed by atoms with Gasteiger partial charge in [-0.15, -0.1) is 0 Å². The van der Waals surface area contributed by atoms with E-state index in [4.69, 9.17) is 10.5 Å². The van der Waals surface area contributed by atoms with Gasteiger partial charge in [0, 0.05) is 18.8 Å². The third-order valence-electron chi connectivity index (χ3n) is 3.30. The van der Waals surface area contributed by atoms with Crippen molar-refractivity contribution in [3.05, 3.63) is 53.9 Å². The molecule has 102 valence electrons. The van der Waals surface area contributed by atoms with E-state index in [1.54, 1.807) is 7.11 Å². The SMILES string of the molecule is COC(c1ccc(C2=C[NH+](C)C=C2)cc1)C(N)CF. The van der Waals surface area contributed by atoms with E-state index in [1.165, 1.54) is 10.5 Å². The molecule has 3 nitrogen and oxygen atoms in total. The Morgan fingerprint density at radius 3 is 2.47 bits per heavy atom. The summed E-state index contributed by atoms with van der Waals surface area (Å²) in [5.74, 6) is 0. The Bertz CT molecular complexity index is 481. The number of halogens is 1. The van der Waals surface area contributed by atoms with Crippen LogP contribution in [0, 0.1) is 0 Å². The molecule has 19 heavy (non-hydrogen) atoms.